The molecule has 0 aliphatic heterocycles. The highest BCUT2D eigenvalue weighted by Crippen LogP contribution is 2.24. The summed E-state index contributed by atoms with van der Waals surface area (Å²) >= 11 is 0. The molecular weight excluding hydrogens is 434 g/mol. The van der Waals surface area contributed by atoms with Gasteiger partial charge in [0.05, 0.1) is 12.5 Å². The van der Waals surface area contributed by atoms with E-state index in [0.29, 0.717) is 16.5 Å². The van der Waals surface area contributed by atoms with E-state index >= 15 is 0 Å². The quantitative estimate of drug-likeness (QED) is 0.249. The molecule has 9 nitrogen and oxygen atoms in total. The number of carbonyl (C=O) groups excluding carboxylic acids is 1. The number of rotatable bonds is 6. The van der Waals surface area contributed by atoms with Gasteiger partial charge in [0.2, 0.25) is 0 Å². The van der Waals surface area contributed by atoms with Crippen LogP contribution in [0.1, 0.15) is 17.0 Å². The molecule has 4 aromatic rings. The fraction of sp³-hybridized carbons (Fsp3) is 0.160. The van der Waals surface area contributed by atoms with Crippen LogP contribution >= 0.6 is 0 Å². The van der Waals surface area contributed by atoms with E-state index in [1.165, 1.54) is 6.08 Å². The lowest BCUT2D eigenvalue weighted by atomic mass is 10.1. The highest BCUT2D eigenvalue weighted by molar-refractivity contribution is 5.98. The summed E-state index contributed by atoms with van der Waals surface area (Å²) in [5.41, 5.74) is 3.20. The third kappa shape index (κ3) is 4.29. The molecule has 0 atom stereocenters. The van der Waals surface area contributed by atoms with Gasteiger partial charge in [0.25, 0.3) is 5.56 Å². The van der Waals surface area contributed by atoms with Gasteiger partial charge < -0.3 is 14.0 Å². The van der Waals surface area contributed by atoms with Crippen LogP contribution < -0.4 is 10.3 Å². The van der Waals surface area contributed by atoms with Gasteiger partial charge >= 0.3 is 5.97 Å². The van der Waals surface area contributed by atoms with Crippen molar-refractivity contribution in [2.75, 3.05) is 7.11 Å². The van der Waals surface area contributed by atoms with Crippen LogP contribution in [0.4, 0.5) is 0 Å². The molecule has 0 saturated carbocycles. The van der Waals surface area contributed by atoms with Crippen molar-refractivity contribution in [1.29, 1.82) is 5.26 Å². The van der Waals surface area contributed by atoms with Crippen LogP contribution in [-0.4, -0.2) is 32.6 Å². The summed E-state index contributed by atoms with van der Waals surface area (Å²) in [5, 5.41) is 17.6. The van der Waals surface area contributed by atoms with Crippen molar-refractivity contribution in [3.8, 4) is 17.5 Å². The number of hydrogen-bond acceptors (Lipinski definition) is 7. The summed E-state index contributed by atoms with van der Waals surface area (Å²) in [5.74, 6) is -0.116. The van der Waals surface area contributed by atoms with Gasteiger partial charge in [-0.3, -0.25) is 4.79 Å². The Morgan fingerprint density at radius 2 is 1.88 bits per heavy atom. The van der Waals surface area contributed by atoms with Gasteiger partial charge in [0.1, 0.15) is 22.9 Å². The topological polar surface area (TPSA) is 112 Å². The number of methoxy groups -OCH3 is 1. The second-order valence-corrected chi connectivity index (χ2v) is 7.50. The fourth-order valence-corrected chi connectivity index (χ4v) is 3.66. The van der Waals surface area contributed by atoms with E-state index in [-0.39, 0.29) is 5.57 Å². The van der Waals surface area contributed by atoms with Crippen LogP contribution in [0.25, 0.3) is 22.7 Å². The molecule has 0 unspecified atom stereocenters. The molecule has 2 aromatic carbocycles. The van der Waals surface area contributed by atoms with Crippen LogP contribution in [0.3, 0.4) is 0 Å². The Balaban J connectivity index is 1.56. The first-order chi connectivity index (χ1) is 16.4. The Morgan fingerprint density at radius 3 is 2.59 bits per heavy atom. The number of carbonyl (C=O) groups is 1. The summed E-state index contributed by atoms with van der Waals surface area (Å²) in [7, 11) is 1.61. The molecule has 0 aliphatic carbocycles. The van der Waals surface area contributed by atoms with Crippen LogP contribution in [0.15, 0.2) is 65.0 Å². The average molecular weight is 455 g/mol. The van der Waals surface area contributed by atoms with E-state index in [1.54, 1.807) is 31.4 Å². The number of ether oxygens (including phenoxy) is 2. The van der Waals surface area contributed by atoms with E-state index in [4.69, 9.17) is 9.47 Å². The van der Waals surface area contributed by atoms with E-state index in [9.17, 15) is 14.9 Å². The van der Waals surface area contributed by atoms with E-state index < -0.39 is 18.3 Å². The van der Waals surface area contributed by atoms with Crippen molar-refractivity contribution >= 4 is 22.9 Å². The molecule has 2 heterocycles. The summed E-state index contributed by atoms with van der Waals surface area (Å²) in [6, 6.07) is 18.1. The van der Waals surface area contributed by atoms with E-state index in [0.717, 1.165) is 27.5 Å². The number of aryl methyl sites for hydroxylation is 1. The third-order valence-electron chi connectivity index (χ3n) is 5.39. The number of hydrogen-bond donors (Lipinski definition) is 0. The standard InChI is InChI=1S/C25H21N5O4/c1-16-12-18(17(2)30(16)20-8-10-21(33-3)11-9-20)13-19(14-26)25(32)34-15-29-24(31)22-6-4-5-7-23(22)27-28-29/h4-13H,15H2,1-3H3/b19-13-. The molecule has 0 spiro atoms. The maximum absolute atomic E-state index is 12.6. The van der Waals surface area contributed by atoms with Gasteiger partial charge in [-0.05, 0) is 68.0 Å². The van der Waals surface area contributed by atoms with Crippen molar-refractivity contribution in [3.63, 3.8) is 0 Å². The van der Waals surface area contributed by atoms with Crippen LogP contribution in [0.5, 0.6) is 5.75 Å². The minimum Gasteiger partial charge on any atom is -0.497 e. The summed E-state index contributed by atoms with van der Waals surface area (Å²) < 4.78 is 13.3. The molecule has 0 fully saturated rings. The van der Waals surface area contributed by atoms with Crippen molar-refractivity contribution in [1.82, 2.24) is 19.6 Å². The lowest BCUT2D eigenvalue weighted by Crippen LogP contribution is -2.26. The second kappa shape index (κ2) is 9.42. The molecule has 0 radical (unpaired) electrons. The van der Waals surface area contributed by atoms with Crippen molar-refractivity contribution in [2.24, 2.45) is 0 Å². The zero-order chi connectivity index (χ0) is 24.2. The minimum atomic E-state index is -0.862. The average Bonchev–Trinajstić information content (AvgIpc) is 3.14. The third-order valence-corrected chi connectivity index (χ3v) is 5.39. The van der Waals surface area contributed by atoms with Crippen molar-refractivity contribution in [2.45, 2.75) is 20.6 Å². The molecular formula is C25H21N5O4. The molecule has 0 bridgehead atoms. The lowest BCUT2D eigenvalue weighted by molar-refractivity contribution is -0.142. The van der Waals surface area contributed by atoms with E-state index in [2.05, 4.69) is 10.3 Å². The first-order valence-corrected chi connectivity index (χ1v) is 10.4. The molecule has 2 aromatic heterocycles. The smallest absolute Gasteiger partial charge is 0.350 e. The molecule has 9 heteroatoms. The molecule has 0 N–H and O–H groups in total. The number of esters is 1. The van der Waals surface area contributed by atoms with Crippen LogP contribution in [0, 0.1) is 25.2 Å². The molecule has 0 aliphatic rings. The van der Waals surface area contributed by atoms with Crippen molar-refractivity contribution < 1.29 is 14.3 Å². The Morgan fingerprint density at radius 1 is 1.15 bits per heavy atom. The predicted molar refractivity (Wildman–Crippen MR) is 125 cm³/mol. The number of aromatic nitrogens is 4. The number of fused-ring (bicyclic) bond motifs is 1. The first kappa shape index (κ1) is 22.5. The largest absolute Gasteiger partial charge is 0.497 e. The lowest BCUT2D eigenvalue weighted by Gasteiger charge is -2.10. The number of benzene rings is 2. The fourth-order valence-electron chi connectivity index (χ4n) is 3.66. The van der Waals surface area contributed by atoms with Gasteiger partial charge in [-0.1, -0.05) is 17.3 Å². The van der Waals surface area contributed by atoms with Gasteiger partial charge in [-0.2, -0.15) is 9.94 Å². The van der Waals surface area contributed by atoms with Crippen LogP contribution in [0.2, 0.25) is 0 Å². The first-order valence-electron chi connectivity index (χ1n) is 10.4. The normalized spacial score (nSPS) is 11.3. The Labute approximate surface area is 195 Å². The number of nitrogens with zero attached hydrogens (tertiary/aromatic N) is 5. The Kier molecular flexibility index (Phi) is 6.23. The monoisotopic (exact) mass is 455 g/mol. The maximum Gasteiger partial charge on any atom is 0.350 e. The Bertz CT molecular complexity index is 1510. The zero-order valence-electron chi connectivity index (χ0n) is 18.8. The van der Waals surface area contributed by atoms with Gasteiger partial charge in [-0.15, -0.1) is 5.10 Å². The van der Waals surface area contributed by atoms with Gasteiger partial charge in [0.15, 0.2) is 6.73 Å². The summed E-state index contributed by atoms with van der Waals surface area (Å²) in [4.78, 5) is 25.1. The van der Waals surface area contributed by atoms with Gasteiger partial charge in [0, 0.05) is 17.1 Å². The molecule has 34 heavy (non-hydrogen) atoms. The molecule has 0 amide bonds. The molecule has 170 valence electrons. The molecule has 0 saturated heterocycles. The Hall–Kier alpha value is -4.71. The minimum absolute atomic E-state index is 0.197. The van der Waals surface area contributed by atoms with Gasteiger partial charge in [-0.25, -0.2) is 4.79 Å². The maximum atomic E-state index is 12.6. The predicted octanol–water partition coefficient (Wildman–Crippen LogP) is 3.32. The zero-order valence-corrected chi connectivity index (χ0v) is 18.8. The summed E-state index contributed by atoms with van der Waals surface area (Å²) in [6.07, 6.45) is 1.47. The van der Waals surface area contributed by atoms with E-state index in [1.807, 2.05) is 54.8 Å². The summed E-state index contributed by atoms with van der Waals surface area (Å²) in [6.45, 7) is 3.37. The second-order valence-electron chi connectivity index (χ2n) is 7.50. The SMILES string of the molecule is COc1ccc(-n2c(C)cc(/C=C(/C#N)C(=O)OCn3nnc4ccccc4c3=O)c2C)cc1. The highest BCUT2D eigenvalue weighted by atomic mass is 16.5. The van der Waals surface area contributed by atoms with Crippen LogP contribution in [-0.2, 0) is 16.3 Å². The van der Waals surface area contributed by atoms with Crippen molar-refractivity contribution in [3.05, 3.63) is 87.5 Å². The number of nitriles is 1. The highest BCUT2D eigenvalue weighted by Gasteiger charge is 2.16. The molecule has 4 rings (SSSR count).